The molecule has 0 bridgehead atoms. The van der Waals surface area contributed by atoms with Gasteiger partial charge in [-0.15, -0.1) is 11.8 Å². The van der Waals surface area contributed by atoms with Crippen LogP contribution in [0.15, 0.2) is 53.4 Å². The molecule has 2 aromatic rings. The first-order valence-electron chi connectivity index (χ1n) is 7.90. The maximum absolute atomic E-state index is 13.0. The molecule has 25 heavy (non-hydrogen) atoms. The van der Waals surface area contributed by atoms with Crippen molar-refractivity contribution < 1.29 is 19.1 Å². The van der Waals surface area contributed by atoms with E-state index in [9.17, 15) is 19.1 Å². The number of carbonyl (C=O) groups excluding carboxylic acids is 1. The molecule has 0 spiro atoms. The van der Waals surface area contributed by atoms with Gasteiger partial charge in [0.05, 0.1) is 11.5 Å². The highest BCUT2D eigenvalue weighted by molar-refractivity contribution is 8.00. The fourth-order valence-corrected chi connectivity index (χ4v) is 3.30. The second-order valence-electron chi connectivity index (χ2n) is 5.82. The SMILES string of the molecule is CC(C)Sc1ccccc1C(=O)NCC(C(=O)O)c1ccc(F)cc1. The number of rotatable bonds is 7. The molecule has 0 aliphatic rings. The van der Waals surface area contributed by atoms with Crippen LogP contribution < -0.4 is 5.32 Å². The molecule has 2 aromatic carbocycles. The lowest BCUT2D eigenvalue weighted by Gasteiger charge is -2.15. The minimum atomic E-state index is -1.07. The molecule has 2 rings (SSSR count). The van der Waals surface area contributed by atoms with E-state index in [-0.39, 0.29) is 12.5 Å². The summed E-state index contributed by atoms with van der Waals surface area (Å²) in [6, 6.07) is 12.5. The van der Waals surface area contributed by atoms with Gasteiger partial charge in [0.25, 0.3) is 5.91 Å². The topological polar surface area (TPSA) is 66.4 Å². The zero-order valence-corrected chi connectivity index (χ0v) is 14.8. The lowest BCUT2D eigenvalue weighted by molar-refractivity contribution is -0.138. The average Bonchev–Trinajstić information content (AvgIpc) is 2.56. The zero-order valence-electron chi connectivity index (χ0n) is 14.0. The van der Waals surface area contributed by atoms with Gasteiger partial charge in [-0.05, 0) is 29.8 Å². The van der Waals surface area contributed by atoms with E-state index in [2.05, 4.69) is 5.32 Å². The number of carboxylic acids is 1. The van der Waals surface area contributed by atoms with Crippen molar-refractivity contribution >= 4 is 23.6 Å². The van der Waals surface area contributed by atoms with Gasteiger partial charge < -0.3 is 10.4 Å². The molecule has 1 atom stereocenters. The van der Waals surface area contributed by atoms with E-state index < -0.39 is 17.7 Å². The van der Waals surface area contributed by atoms with Gasteiger partial charge in [-0.25, -0.2) is 4.39 Å². The van der Waals surface area contributed by atoms with Gasteiger partial charge >= 0.3 is 5.97 Å². The van der Waals surface area contributed by atoms with Crippen LogP contribution in [0, 0.1) is 5.82 Å². The molecular weight excluding hydrogens is 341 g/mol. The second-order valence-corrected chi connectivity index (χ2v) is 7.43. The lowest BCUT2D eigenvalue weighted by atomic mass is 9.99. The predicted octanol–water partition coefficient (Wildman–Crippen LogP) is 3.92. The summed E-state index contributed by atoms with van der Waals surface area (Å²) in [6.07, 6.45) is 0. The van der Waals surface area contributed by atoms with Crippen LogP contribution in [0.4, 0.5) is 4.39 Å². The molecule has 0 radical (unpaired) electrons. The van der Waals surface area contributed by atoms with E-state index >= 15 is 0 Å². The summed E-state index contributed by atoms with van der Waals surface area (Å²) < 4.78 is 13.0. The molecule has 0 heterocycles. The monoisotopic (exact) mass is 361 g/mol. The molecule has 0 saturated carbocycles. The number of carbonyl (C=O) groups is 2. The maximum Gasteiger partial charge on any atom is 0.312 e. The highest BCUT2D eigenvalue weighted by atomic mass is 32.2. The molecule has 1 amide bonds. The van der Waals surface area contributed by atoms with Gasteiger partial charge in [-0.1, -0.05) is 38.1 Å². The second kappa shape index (κ2) is 8.67. The number of carboxylic acid groups (broad SMARTS) is 1. The van der Waals surface area contributed by atoms with Crippen LogP contribution in [-0.2, 0) is 4.79 Å². The number of hydrogen-bond acceptors (Lipinski definition) is 3. The van der Waals surface area contributed by atoms with Gasteiger partial charge in [-0.2, -0.15) is 0 Å². The Labute approximate surface area is 150 Å². The number of aliphatic carboxylic acids is 1. The first-order valence-corrected chi connectivity index (χ1v) is 8.78. The van der Waals surface area contributed by atoms with Crippen molar-refractivity contribution in [3.05, 3.63) is 65.5 Å². The summed E-state index contributed by atoms with van der Waals surface area (Å²) in [4.78, 5) is 24.8. The summed E-state index contributed by atoms with van der Waals surface area (Å²) in [5.41, 5.74) is 0.962. The van der Waals surface area contributed by atoms with Crippen LogP contribution in [0.1, 0.15) is 35.7 Å². The van der Waals surface area contributed by atoms with E-state index in [1.165, 1.54) is 24.3 Å². The minimum absolute atomic E-state index is 0.0690. The lowest BCUT2D eigenvalue weighted by Crippen LogP contribution is -2.32. The van der Waals surface area contributed by atoms with Gasteiger partial charge in [-0.3, -0.25) is 9.59 Å². The van der Waals surface area contributed by atoms with Crippen molar-refractivity contribution in [1.82, 2.24) is 5.32 Å². The Hall–Kier alpha value is -2.34. The Morgan fingerprint density at radius 3 is 2.36 bits per heavy atom. The van der Waals surface area contributed by atoms with Crippen LogP contribution in [0.5, 0.6) is 0 Å². The predicted molar refractivity (Wildman–Crippen MR) is 96.5 cm³/mol. The maximum atomic E-state index is 13.0. The van der Waals surface area contributed by atoms with Crippen LogP contribution in [-0.4, -0.2) is 28.8 Å². The van der Waals surface area contributed by atoms with E-state index in [1.54, 1.807) is 23.9 Å². The number of halogens is 1. The standard InChI is InChI=1S/C19H20FNO3S/c1-12(2)25-17-6-4-3-5-15(17)18(22)21-11-16(19(23)24)13-7-9-14(20)10-8-13/h3-10,12,16H,11H2,1-2H3,(H,21,22)(H,23,24). The molecular formula is C19H20FNO3S. The Kier molecular flexibility index (Phi) is 6.58. The Morgan fingerprint density at radius 2 is 1.76 bits per heavy atom. The van der Waals surface area contributed by atoms with E-state index in [1.807, 2.05) is 26.0 Å². The molecule has 4 nitrogen and oxygen atoms in total. The number of hydrogen-bond donors (Lipinski definition) is 2. The van der Waals surface area contributed by atoms with Crippen LogP contribution in [0.3, 0.4) is 0 Å². The van der Waals surface area contributed by atoms with Gasteiger partial charge in [0.1, 0.15) is 5.82 Å². The molecule has 132 valence electrons. The smallest absolute Gasteiger partial charge is 0.312 e. The molecule has 0 fully saturated rings. The molecule has 1 unspecified atom stereocenters. The summed E-state index contributed by atoms with van der Waals surface area (Å²) in [5.74, 6) is -2.76. The third kappa shape index (κ3) is 5.32. The number of nitrogens with one attached hydrogen (secondary N) is 1. The van der Waals surface area contributed by atoms with Gasteiger partial charge in [0.2, 0.25) is 0 Å². The third-order valence-corrected chi connectivity index (χ3v) is 4.61. The van der Waals surface area contributed by atoms with Crippen molar-refractivity contribution in [3.8, 4) is 0 Å². The number of amides is 1. The summed E-state index contributed by atoms with van der Waals surface area (Å²) in [7, 11) is 0. The van der Waals surface area contributed by atoms with Crippen molar-refractivity contribution in [1.29, 1.82) is 0 Å². The fraction of sp³-hybridized carbons (Fsp3) is 0.263. The Bertz CT molecular complexity index is 747. The average molecular weight is 361 g/mol. The minimum Gasteiger partial charge on any atom is -0.481 e. The van der Waals surface area contributed by atoms with Crippen molar-refractivity contribution in [2.75, 3.05) is 6.54 Å². The summed E-state index contributed by atoms with van der Waals surface area (Å²) >= 11 is 1.57. The van der Waals surface area contributed by atoms with Crippen molar-refractivity contribution in [2.45, 2.75) is 29.9 Å². The molecule has 0 aliphatic carbocycles. The Balaban J connectivity index is 2.12. The van der Waals surface area contributed by atoms with Gasteiger partial charge in [0, 0.05) is 16.7 Å². The molecule has 0 aromatic heterocycles. The fourth-order valence-electron chi connectivity index (χ4n) is 2.34. The van der Waals surface area contributed by atoms with E-state index in [0.29, 0.717) is 16.4 Å². The first-order chi connectivity index (χ1) is 11.9. The molecule has 0 aliphatic heterocycles. The van der Waals surface area contributed by atoms with E-state index in [0.717, 1.165) is 4.90 Å². The Morgan fingerprint density at radius 1 is 1.12 bits per heavy atom. The normalized spacial score (nSPS) is 12.0. The molecule has 6 heteroatoms. The zero-order chi connectivity index (χ0) is 18.4. The first kappa shape index (κ1) is 19.0. The number of thioether (sulfide) groups is 1. The quantitative estimate of drug-likeness (QED) is 0.734. The van der Waals surface area contributed by atoms with E-state index in [4.69, 9.17) is 0 Å². The largest absolute Gasteiger partial charge is 0.481 e. The van der Waals surface area contributed by atoms with Crippen LogP contribution in [0.2, 0.25) is 0 Å². The highest BCUT2D eigenvalue weighted by Gasteiger charge is 2.22. The molecule has 0 saturated heterocycles. The summed E-state index contributed by atoms with van der Waals surface area (Å²) in [5, 5.41) is 12.4. The third-order valence-electron chi connectivity index (χ3n) is 3.53. The van der Waals surface area contributed by atoms with Crippen LogP contribution >= 0.6 is 11.8 Å². The highest BCUT2D eigenvalue weighted by Crippen LogP contribution is 2.26. The van der Waals surface area contributed by atoms with Crippen molar-refractivity contribution in [2.24, 2.45) is 0 Å². The van der Waals surface area contributed by atoms with Gasteiger partial charge in [0.15, 0.2) is 0 Å². The van der Waals surface area contributed by atoms with Crippen molar-refractivity contribution in [3.63, 3.8) is 0 Å². The summed E-state index contributed by atoms with van der Waals surface area (Å²) in [6.45, 7) is 4.00. The van der Waals surface area contributed by atoms with Crippen LogP contribution in [0.25, 0.3) is 0 Å². The molecule has 2 N–H and O–H groups in total. The number of benzene rings is 2.